The summed E-state index contributed by atoms with van der Waals surface area (Å²) >= 11 is 6.08. The van der Waals surface area contributed by atoms with E-state index in [0.29, 0.717) is 35.4 Å². The summed E-state index contributed by atoms with van der Waals surface area (Å²) < 4.78 is 13.4. The Bertz CT molecular complexity index is 1030. The number of para-hydroxylation sites is 1. The third-order valence-corrected chi connectivity index (χ3v) is 5.10. The zero-order valence-corrected chi connectivity index (χ0v) is 16.4. The van der Waals surface area contributed by atoms with E-state index in [-0.39, 0.29) is 11.8 Å². The molecule has 1 aromatic heterocycles. The summed E-state index contributed by atoms with van der Waals surface area (Å²) in [4.78, 5) is 12.3. The monoisotopic (exact) mass is 397 g/mol. The van der Waals surface area contributed by atoms with Crippen molar-refractivity contribution in [3.63, 3.8) is 0 Å². The minimum absolute atomic E-state index is 0.0512. The van der Waals surface area contributed by atoms with Crippen molar-refractivity contribution in [2.45, 2.75) is 18.9 Å². The van der Waals surface area contributed by atoms with E-state index in [4.69, 9.17) is 21.1 Å². The van der Waals surface area contributed by atoms with Gasteiger partial charge < -0.3 is 14.8 Å². The second kappa shape index (κ2) is 7.56. The number of benzene rings is 2. The first-order valence-electron chi connectivity index (χ1n) is 8.92. The van der Waals surface area contributed by atoms with Crippen LogP contribution in [0.25, 0.3) is 0 Å². The average molecular weight is 398 g/mol. The third kappa shape index (κ3) is 3.43. The van der Waals surface area contributed by atoms with Gasteiger partial charge in [0, 0.05) is 35.5 Å². The van der Waals surface area contributed by atoms with E-state index >= 15 is 0 Å². The molecule has 0 radical (unpaired) electrons. The van der Waals surface area contributed by atoms with Gasteiger partial charge in [-0.2, -0.15) is 5.10 Å². The first-order chi connectivity index (χ1) is 13.6. The van der Waals surface area contributed by atoms with Crippen molar-refractivity contribution in [1.29, 1.82) is 0 Å². The molecule has 6 nitrogen and oxygen atoms in total. The lowest BCUT2D eigenvalue weighted by Crippen LogP contribution is -2.24. The van der Waals surface area contributed by atoms with Gasteiger partial charge in [-0.3, -0.25) is 9.48 Å². The number of ether oxygens (including phenoxy) is 2. The number of halogens is 1. The summed E-state index contributed by atoms with van der Waals surface area (Å²) in [5.74, 6) is 1.74. The number of rotatable bonds is 5. The van der Waals surface area contributed by atoms with Crippen LogP contribution in [0.4, 0.5) is 5.82 Å². The molecule has 28 heavy (non-hydrogen) atoms. The van der Waals surface area contributed by atoms with Gasteiger partial charge in [0.15, 0.2) is 11.5 Å². The lowest BCUT2D eigenvalue weighted by molar-refractivity contribution is -0.116. The maximum atomic E-state index is 12.3. The SMILES string of the molecule is COc1cccc(C2CC(=O)Nc3c2cnn3C)c1OCc1cccc(Cl)c1. The molecule has 0 aliphatic carbocycles. The van der Waals surface area contributed by atoms with Gasteiger partial charge in [-0.25, -0.2) is 0 Å². The molecule has 2 heterocycles. The number of aromatic nitrogens is 2. The van der Waals surface area contributed by atoms with E-state index in [1.807, 2.05) is 49.5 Å². The van der Waals surface area contributed by atoms with Gasteiger partial charge in [-0.05, 0) is 23.8 Å². The molecule has 0 bridgehead atoms. The molecule has 7 heteroatoms. The largest absolute Gasteiger partial charge is 0.493 e. The first-order valence-corrected chi connectivity index (χ1v) is 9.30. The number of aryl methyl sites for hydroxylation is 1. The highest BCUT2D eigenvalue weighted by Crippen LogP contribution is 2.44. The lowest BCUT2D eigenvalue weighted by Gasteiger charge is -2.26. The Kier molecular flexibility index (Phi) is 4.96. The summed E-state index contributed by atoms with van der Waals surface area (Å²) in [6.07, 6.45) is 2.11. The second-order valence-corrected chi connectivity index (χ2v) is 7.11. The summed E-state index contributed by atoms with van der Waals surface area (Å²) in [5, 5.41) is 7.85. The molecule has 144 valence electrons. The van der Waals surface area contributed by atoms with Crippen molar-refractivity contribution in [2.75, 3.05) is 12.4 Å². The highest BCUT2D eigenvalue weighted by atomic mass is 35.5. The van der Waals surface area contributed by atoms with Crippen LogP contribution in [0.3, 0.4) is 0 Å². The Morgan fingerprint density at radius 2 is 2.07 bits per heavy atom. The summed E-state index contributed by atoms with van der Waals surface area (Å²) in [6.45, 7) is 0.340. The molecule has 4 rings (SSSR count). The number of hydrogen-bond donors (Lipinski definition) is 1. The van der Waals surface area contributed by atoms with Crippen molar-refractivity contribution in [3.05, 3.63) is 70.4 Å². The zero-order chi connectivity index (χ0) is 19.7. The predicted octanol–water partition coefficient (Wildman–Crippen LogP) is 4.14. The third-order valence-electron chi connectivity index (χ3n) is 4.87. The van der Waals surface area contributed by atoms with E-state index < -0.39 is 0 Å². The van der Waals surface area contributed by atoms with Crippen molar-refractivity contribution in [3.8, 4) is 11.5 Å². The van der Waals surface area contributed by atoms with Gasteiger partial charge >= 0.3 is 0 Å². The highest BCUT2D eigenvalue weighted by molar-refractivity contribution is 6.30. The van der Waals surface area contributed by atoms with E-state index in [9.17, 15) is 4.79 Å². The van der Waals surface area contributed by atoms with Crippen LogP contribution in [0, 0.1) is 0 Å². The van der Waals surface area contributed by atoms with Gasteiger partial charge in [0.05, 0.1) is 13.3 Å². The zero-order valence-electron chi connectivity index (χ0n) is 15.6. The van der Waals surface area contributed by atoms with E-state index in [0.717, 1.165) is 16.7 Å². The topological polar surface area (TPSA) is 65.4 Å². The van der Waals surface area contributed by atoms with Crippen molar-refractivity contribution in [1.82, 2.24) is 9.78 Å². The number of fused-ring (bicyclic) bond motifs is 1. The number of carbonyl (C=O) groups excluding carboxylic acids is 1. The number of anilines is 1. The fourth-order valence-corrected chi connectivity index (χ4v) is 3.74. The normalized spacial score (nSPS) is 15.7. The van der Waals surface area contributed by atoms with Crippen LogP contribution in [-0.4, -0.2) is 22.8 Å². The van der Waals surface area contributed by atoms with E-state index in [1.54, 1.807) is 18.0 Å². The van der Waals surface area contributed by atoms with Crippen LogP contribution in [0.2, 0.25) is 5.02 Å². The second-order valence-electron chi connectivity index (χ2n) is 6.67. The number of nitrogens with zero attached hydrogens (tertiary/aromatic N) is 2. The standard InChI is InChI=1S/C21H20ClN3O3/c1-25-21-17(11-23-25)16(10-19(26)24-21)15-7-4-8-18(27-2)20(15)28-12-13-5-3-6-14(22)9-13/h3-9,11,16H,10,12H2,1-2H3,(H,24,26). The van der Waals surface area contributed by atoms with Gasteiger partial charge in [0.1, 0.15) is 12.4 Å². The molecule has 0 fully saturated rings. The van der Waals surface area contributed by atoms with Crippen LogP contribution < -0.4 is 14.8 Å². The molecular weight excluding hydrogens is 378 g/mol. The highest BCUT2D eigenvalue weighted by Gasteiger charge is 2.32. The molecule has 1 atom stereocenters. The fourth-order valence-electron chi connectivity index (χ4n) is 3.52. The average Bonchev–Trinajstić information content (AvgIpc) is 3.06. The van der Waals surface area contributed by atoms with Gasteiger partial charge in [-0.15, -0.1) is 0 Å². The van der Waals surface area contributed by atoms with Gasteiger partial charge in [0.2, 0.25) is 5.91 Å². The Hall–Kier alpha value is -2.99. The van der Waals surface area contributed by atoms with E-state index in [2.05, 4.69) is 10.4 Å². The molecule has 0 spiro atoms. The predicted molar refractivity (Wildman–Crippen MR) is 107 cm³/mol. The molecule has 3 aromatic rings. The molecule has 1 N–H and O–H groups in total. The Morgan fingerprint density at radius 1 is 1.25 bits per heavy atom. The number of hydrogen-bond acceptors (Lipinski definition) is 4. The van der Waals surface area contributed by atoms with Crippen molar-refractivity contribution < 1.29 is 14.3 Å². The maximum absolute atomic E-state index is 12.3. The van der Waals surface area contributed by atoms with Crippen molar-refractivity contribution >= 4 is 23.3 Å². The molecular formula is C21H20ClN3O3. The molecule has 0 saturated heterocycles. The van der Waals surface area contributed by atoms with Crippen LogP contribution in [0.1, 0.15) is 29.0 Å². The number of carbonyl (C=O) groups is 1. The fraction of sp³-hybridized carbons (Fsp3) is 0.238. The summed E-state index contributed by atoms with van der Waals surface area (Å²) in [5.41, 5.74) is 2.81. The molecule has 1 unspecified atom stereocenters. The van der Waals surface area contributed by atoms with E-state index in [1.165, 1.54) is 0 Å². The van der Waals surface area contributed by atoms with Crippen LogP contribution >= 0.6 is 11.6 Å². The Balaban J connectivity index is 1.73. The molecule has 0 saturated carbocycles. The van der Waals surface area contributed by atoms with Crippen LogP contribution in [0.15, 0.2) is 48.7 Å². The molecule has 1 aliphatic heterocycles. The maximum Gasteiger partial charge on any atom is 0.226 e. The Labute approximate surface area is 168 Å². The van der Waals surface area contributed by atoms with Crippen LogP contribution in [-0.2, 0) is 18.4 Å². The number of nitrogens with one attached hydrogen (secondary N) is 1. The minimum Gasteiger partial charge on any atom is -0.493 e. The number of methoxy groups -OCH3 is 1. The number of amides is 1. The smallest absolute Gasteiger partial charge is 0.226 e. The van der Waals surface area contributed by atoms with Gasteiger partial charge in [-0.1, -0.05) is 35.9 Å². The lowest BCUT2D eigenvalue weighted by atomic mass is 9.86. The molecule has 1 aliphatic rings. The molecule has 1 amide bonds. The quantitative estimate of drug-likeness (QED) is 0.702. The summed E-state index contributed by atoms with van der Waals surface area (Å²) in [7, 11) is 3.41. The minimum atomic E-state index is -0.165. The summed E-state index contributed by atoms with van der Waals surface area (Å²) in [6, 6.07) is 13.3. The first kappa shape index (κ1) is 18.4. The van der Waals surface area contributed by atoms with Crippen molar-refractivity contribution in [2.24, 2.45) is 7.05 Å². The van der Waals surface area contributed by atoms with Gasteiger partial charge in [0.25, 0.3) is 0 Å². The van der Waals surface area contributed by atoms with Crippen LogP contribution in [0.5, 0.6) is 11.5 Å². The Morgan fingerprint density at radius 3 is 2.86 bits per heavy atom. The molecule has 2 aromatic carbocycles.